The molecule has 0 saturated carbocycles. The zero-order valence-corrected chi connectivity index (χ0v) is 4.87. The predicted molar refractivity (Wildman–Crippen MR) is 29.6 cm³/mol. The minimum atomic E-state index is -1.68. The molecule has 1 heterocycles. The number of carbonyl (C=O) groups is 1. The Morgan fingerprint density at radius 3 is 2.67 bits per heavy atom. The van der Waals surface area contributed by atoms with Crippen LogP contribution in [0.5, 0.6) is 0 Å². The zero-order valence-electron chi connectivity index (χ0n) is 4.87. The molecule has 2 atom stereocenters. The molecule has 3 N–H and O–H groups in total. The quantitative estimate of drug-likeness (QED) is 0.368. The maximum Gasteiger partial charge on any atom is 0.199 e. The average Bonchev–Trinajstić information content (AvgIpc) is 2.15. The van der Waals surface area contributed by atoms with Crippen molar-refractivity contribution in [2.75, 3.05) is 6.54 Å². The van der Waals surface area contributed by atoms with E-state index in [4.69, 9.17) is 10.2 Å². The maximum absolute atomic E-state index is 10.1. The molecule has 9 heavy (non-hydrogen) atoms. The Hall–Kier alpha value is -0.450. The number of hydrogen-bond donors (Lipinski definition) is 3. The standard InChI is InChI=1S/C5H9NO3/c7-3-5(9)4(8)1-2-6-5/h3-4,6,8-9H,1-2H2. The number of rotatable bonds is 1. The van der Waals surface area contributed by atoms with E-state index in [0.717, 1.165) is 0 Å². The Morgan fingerprint density at radius 1 is 1.78 bits per heavy atom. The summed E-state index contributed by atoms with van der Waals surface area (Å²) in [6.45, 7) is 0.483. The van der Waals surface area contributed by atoms with Crippen LogP contribution in [0.2, 0.25) is 0 Å². The van der Waals surface area contributed by atoms with E-state index in [9.17, 15) is 4.79 Å². The summed E-state index contributed by atoms with van der Waals surface area (Å²) in [4.78, 5) is 10.1. The number of aldehydes is 1. The topological polar surface area (TPSA) is 69.6 Å². The first kappa shape index (κ1) is 6.67. The molecule has 1 aliphatic rings. The number of nitrogens with one attached hydrogen (secondary N) is 1. The van der Waals surface area contributed by atoms with Crippen molar-refractivity contribution < 1.29 is 15.0 Å². The fourth-order valence-corrected chi connectivity index (χ4v) is 0.867. The second kappa shape index (κ2) is 2.06. The first-order chi connectivity index (χ1) is 4.19. The second-order valence-corrected chi connectivity index (χ2v) is 2.17. The normalized spacial score (nSPS) is 43.1. The van der Waals surface area contributed by atoms with Crippen molar-refractivity contribution in [2.24, 2.45) is 0 Å². The molecule has 1 saturated heterocycles. The van der Waals surface area contributed by atoms with E-state index in [0.29, 0.717) is 19.3 Å². The molecule has 0 amide bonds. The third-order valence-corrected chi connectivity index (χ3v) is 1.51. The Balaban J connectivity index is 2.66. The molecule has 0 spiro atoms. The van der Waals surface area contributed by atoms with Crippen molar-refractivity contribution in [1.29, 1.82) is 0 Å². The van der Waals surface area contributed by atoms with Crippen molar-refractivity contribution in [1.82, 2.24) is 5.32 Å². The van der Waals surface area contributed by atoms with Crippen LogP contribution >= 0.6 is 0 Å². The summed E-state index contributed by atoms with van der Waals surface area (Å²) in [6.07, 6.45) is -0.199. The molecule has 1 aliphatic heterocycles. The van der Waals surface area contributed by atoms with Crippen LogP contribution < -0.4 is 5.32 Å². The summed E-state index contributed by atoms with van der Waals surface area (Å²) < 4.78 is 0. The van der Waals surface area contributed by atoms with Gasteiger partial charge in [0.25, 0.3) is 0 Å². The van der Waals surface area contributed by atoms with Crippen molar-refractivity contribution in [2.45, 2.75) is 18.2 Å². The van der Waals surface area contributed by atoms with Gasteiger partial charge in [0.1, 0.15) is 6.10 Å². The van der Waals surface area contributed by atoms with E-state index in [1.807, 2.05) is 0 Å². The fraction of sp³-hybridized carbons (Fsp3) is 0.800. The minimum Gasteiger partial charge on any atom is -0.388 e. The highest BCUT2D eigenvalue weighted by Gasteiger charge is 2.39. The van der Waals surface area contributed by atoms with E-state index < -0.39 is 11.8 Å². The smallest absolute Gasteiger partial charge is 0.199 e. The fourth-order valence-electron chi connectivity index (χ4n) is 0.867. The van der Waals surface area contributed by atoms with Crippen LogP contribution in [0.15, 0.2) is 0 Å². The van der Waals surface area contributed by atoms with Crippen molar-refractivity contribution >= 4 is 6.29 Å². The SMILES string of the molecule is O=CC1(O)NCCC1O. The van der Waals surface area contributed by atoms with Crippen LogP contribution in [0.1, 0.15) is 6.42 Å². The van der Waals surface area contributed by atoms with Gasteiger partial charge in [0, 0.05) is 6.54 Å². The van der Waals surface area contributed by atoms with E-state index in [2.05, 4.69) is 5.32 Å². The summed E-state index contributed by atoms with van der Waals surface area (Å²) in [5, 5.41) is 20.4. The van der Waals surface area contributed by atoms with Gasteiger partial charge in [-0.1, -0.05) is 0 Å². The van der Waals surface area contributed by atoms with E-state index >= 15 is 0 Å². The third-order valence-electron chi connectivity index (χ3n) is 1.51. The summed E-state index contributed by atoms with van der Waals surface area (Å²) in [5.74, 6) is 0. The Kier molecular flexibility index (Phi) is 1.52. The van der Waals surface area contributed by atoms with Gasteiger partial charge in [0.05, 0.1) is 0 Å². The molecule has 0 aromatic heterocycles. The molecule has 0 bridgehead atoms. The zero-order chi connectivity index (χ0) is 6.91. The lowest BCUT2D eigenvalue weighted by Crippen LogP contribution is -2.49. The number of aliphatic hydroxyl groups excluding tert-OH is 1. The number of hydrogen-bond acceptors (Lipinski definition) is 4. The molecular formula is C5H9NO3. The second-order valence-electron chi connectivity index (χ2n) is 2.17. The maximum atomic E-state index is 10.1. The highest BCUT2D eigenvalue weighted by Crippen LogP contribution is 2.13. The van der Waals surface area contributed by atoms with Crippen molar-refractivity contribution in [3.63, 3.8) is 0 Å². The molecule has 1 rings (SSSR count). The van der Waals surface area contributed by atoms with Crippen molar-refractivity contribution in [3.05, 3.63) is 0 Å². The molecule has 0 aromatic rings. The van der Waals surface area contributed by atoms with Crippen molar-refractivity contribution in [3.8, 4) is 0 Å². The molecule has 2 unspecified atom stereocenters. The van der Waals surface area contributed by atoms with Crippen LogP contribution in [0.25, 0.3) is 0 Å². The highest BCUT2D eigenvalue weighted by molar-refractivity contribution is 5.63. The minimum absolute atomic E-state index is 0.324. The van der Waals surface area contributed by atoms with Gasteiger partial charge in [-0.05, 0) is 6.42 Å². The molecule has 4 nitrogen and oxygen atoms in total. The average molecular weight is 131 g/mol. The lowest BCUT2D eigenvalue weighted by atomic mass is 10.1. The van der Waals surface area contributed by atoms with Crippen LogP contribution in [-0.4, -0.2) is 34.9 Å². The number of aliphatic hydroxyl groups is 2. The van der Waals surface area contributed by atoms with Gasteiger partial charge in [-0.15, -0.1) is 0 Å². The van der Waals surface area contributed by atoms with Crippen LogP contribution in [0.3, 0.4) is 0 Å². The van der Waals surface area contributed by atoms with Gasteiger partial charge < -0.3 is 10.2 Å². The van der Waals surface area contributed by atoms with Crippen LogP contribution in [-0.2, 0) is 4.79 Å². The third kappa shape index (κ3) is 0.962. The van der Waals surface area contributed by atoms with Gasteiger partial charge in [-0.3, -0.25) is 10.1 Å². The summed E-state index contributed by atoms with van der Waals surface area (Å²) in [7, 11) is 0. The highest BCUT2D eigenvalue weighted by atomic mass is 16.4. The summed E-state index contributed by atoms with van der Waals surface area (Å²) in [5.41, 5.74) is -1.68. The molecule has 52 valence electrons. The van der Waals surface area contributed by atoms with E-state index in [1.54, 1.807) is 0 Å². The van der Waals surface area contributed by atoms with Gasteiger partial charge in [-0.2, -0.15) is 0 Å². The molecular weight excluding hydrogens is 122 g/mol. The molecule has 0 aliphatic carbocycles. The largest absolute Gasteiger partial charge is 0.388 e. The number of carbonyl (C=O) groups excluding carboxylic acids is 1. The van der Waals surface area contributed by atoms with Gasteiger partial charge >= 0.3 is 0 Å². The molecule has 0 aromatic carbocycles. The Morgan fingerprint density at radius 2 is 2.44 bits per heavy atom. The predicted octanol–water partition coefficient (Wildman–Crippen LogP) is -1.77. The first-order valence-electron chi connectivity index (χ1n) is 2.81. The van der Waals surface area contributed by atoms with E-state index in [1.165, 1.54) is 0 Å². The molecule has 1 fully saturated rings. The van der Waals surface area contributed by atoms with Crippen LogP contribution in [0, 0.1) is 0 Å². The van der Waals surface area contributed by atoms with Crippen LogP contribution in [0.4, 0.5) is 0 Å². The van der Waals surface area contributed by atoms with E-state index in [-0.39, 0.29) is 0 Å². The lowest BCUT2D eigenvalue weighted by Gasteiger charge is -2.18. The Bertz CT molecular complexity index is 127. The first-order valence-corrected chi connectivity index (χ1v) is 2.81. The molecule has 4 heteroatoms. The summed E-state index contributed by atoms with van der Waals surface area (Å²) >= 11 is 0. The van der Waals surface area contributed by atoms with Gasteiger partial charge in [0.2, 0.25) is 0 Å². The molecule has 0 radical (unpaired) electrons. The summed E-state index contributed by atoms with van der Waals surface area (Å²) in [6, 6.07) is 0. The Labute approximate surface area is 52.5 Å². The lowest BCUT2D eigenvalue weighted by molar-refractivity contribution is -0.136. The monoisotopic (exact) mass is 131 g/mol. The van der Waals surface area contributed by atoms with Gasteiger partial charge in [0.15, 0.2) is 12.0 Å². The van der Waals surface area contributed by atoms with Gasteiger partial charge in [-0.25, -0.2) is 0 Å².